The van der Waals surface area contributed by atoms with Gasteiger partial charge < -0.3 is 9.84 Å². The van der Waals surface area contributed by atoms with Crippen molar-refractivity contribution in [1.82, 2.24) is 0 Å². The first-order valence-corrected chi connectivity index (χ1v) is 14.7. The van der Waals surface area contributed by atoms with Crippen LogP contribution in [0.15, 0.2) is 11.8 Å². The van der Waals surface area contributed by atoms with Crippen LogP contribution in [0, 0.1) is 62.6 Å². The minimum Gasteiger partial charge on any atom is -0.515 e. The van der Waals surface area contributed by atoms with Gasteiger partial charge in [0.15, 0.2) is 5.78 Å². The van der Waals surface area contributed by atoms with Gasteiger partial charge in [-0.05, 0) is 110 Å². The maximum Gasteiger partial charge on any atom is 0.312 e. The molecule has 0 radical (unpaired) electrons. The standard InChI is InChI=1S/C32H50O4/c1-19(2)21-11-14-32(27(35)36-8)16-15-30(6)22(25(21)32)9-10-24-29(5)17-20(18-33)26(34)28(3,4)23(29)12-13-31(24,30)7/h18-19,21-25,33H,9-17H2,1-8H3/t21-,22?,23?,24+,25?,29-,30+,31+,32-/m0/s1. The van der Waals surface area contributed by atoms with E-state index >= 15 is 0 Å². The molecule has 5 saturated carbocycles. The van der Waals surface area contributed by atoms with Gasteiger partial charge in [-0.2, -0.15) is 0 Å². The van der Waals surface area contributed by atoms with Crippen molar-refractivity contribution in [3.8, 4) is 0 Å². The maximum atomic E-state index is 13.4. The Kier molecular flexibility index (Phi) is 5.91. The maximum absolute atomic E-state index is 13.4. The number of carbonyl (C=O) groups excluding carboxylic acids is 2. The van der Waals surface area contributed by atoms with Crippen molar-refractivity contribution in [1.29, 1.82) is 0 Å². The summed E-state index contributed by atoms with van der Waals surface area (Å²) in [6, 6.07) is 0. The third kappa shape index (κ3) is 2.99. The summed E-state index contributed by atoms with van der Waals surface area (Å²) in [5.41, 5.74) is 0.199. The van der Waals surface area contributed by atoms with Gasteiger partial charge in [-0.1, -0.05) is 48.5 Å². The van der Waals surface area contributed by atoms with Crippen LogP contribution in [-0.2, 0) is 14.3 Å². The molecule has 5 aliphatic carbocycles. The van der Waals surface area contributed by atoms with Crippen molar-refractivity contribution in [2.24, 2.45) is 62.6 Å². The Morgan fingerprint density at radius 1 is 0.944 bits per heavy atom. The van der Waals surface area contributed by atoms with Crippen LogP contribution in [0.4, 0.5) is 0 Å². The smallest absolute Gasteiger partial charge is 0.312 e. The summed E-state index contributed by atoms with van der Waals surface area (Å²) < 4.78 is 5.51. The van der Waals surface area contributed by atoms with E-state index < -0.39 is 5.41 Å². The van der Waals surface area contributed by atoms with Crippen LogP contribution in [0.2, 0.25) is 0 Å². The topological polar surface area (TPSA) is 63.6 Å². The highest BCUT2D eigenvalue weighted by atomic mass is 16.5. The van der Waals surface area contributed by atoms with Gasteiger partial charge in [0.1, 0.15) is 0 Å². The number of aliphatic hydroxyl groups excluding tert-OH is 1. The molecule has 5 fully saturated rings. The van der Waals surface area contributed by atoms with E-state index in [1.807, 2.05) is 0 Å². The van der Waals surface area contributed by atoms with E-state index in [1.54, 1.807) is 7.11 Å². The first-order chi connectivity index (χ1) is 16.7. The lowest BCUT2D eigenvalue weighted by Gasteiger charge is -2.72. The van der Waals surface area contributed by atoms with Crippen LogP contribution < -0.4 is 0 Å². The number of methoxy groups -OCH3 is 1. The lowest BCUT2D eigenvalue weighted by molar-refractivity contribution is -0.234. The summed E-state index contributed by atoms with van der Waals surface area (Å²) in [7, 11) is 1.59. The van der Waals surface area contributed by atoms with Crippen LogP contribution in [0.5, 0.6) is 0 Å². The summed E-state index contributed by atoms with van der Waals surface area (Å²) in [4.78, 5) is 26.7. The molecule has 36 heavy (non-hydrogen) atoms. The average molecular weight is 499 g/mol. The Labute approximate surface area is 219 Å². The Hall–Kier alpha value is -1.32. The number of ether oxygens (including phenoxy) is 1. The lowest BCUT2D eigenvalue weighted by Crippen LogP contribution is -2.67. The van der Waals surface area contributed by atoms with Crippen LogP contribution in [-0.4, -0.2) is 24.0 Å². The van der Waals surface area contributed by atoms with Gasteiger partial charge in [0.05, 0.1) is 18.8 Å². The van der Waals surface area contributed by atoms with E-state index in [2.05, 4.69) is 48.5 Å². The number of rotatable bonds is 2. The first-order valence-electron chi connectivity index (χ1n) is 14.7. The van der Waals surface area contributed by atoms with Gasteiger partial charge in [-0.3, -0.25) is 9.59 Å². The molecule has 5 rings (SSSR count). The summed E-state index contributed by atoms with van der Waals surface area (Å²) in [6.07, 6.45) is 10.5. The molecule has 0 aromatic carbocycles. The fourth-order valence-corrected chi connectivity index (χ4v) is 11.9. The highest BCUT2D eigenvalue weighted by molar-refractivity contribution is 6.00. The Morgan fingerprint density at radius 2 is 1.64 bits per heavy atom. The first kappa shape index (κ1) is 26.3. The zero-order valence-electron chi connectivity index (χ0n) is 24.1. The molecular formula is C32H50O4. The molecule has 3 unspecified atom stereocenters. The average Bonchev–Trinajstić information content (AvgIpc) is 3.22. The molecular weight excluding hydrogens is 448 g/mol. The van der Waals surface area contributed by atoms with E-state index in [0.29, 0.717) is 47.5 Å². The summed E-state index contributed by atoms with van der Waals surface area (Å²) >= 11 is 0. The molecule has 0 bridgehead atoms. The number of fused-ring (bicyclic) bond motifs is 7. The molecule has 9 atom stereocenters. The molecule has 0 amide bonds. The predicted molar refractivity (Wildman–Crippen MR) is 142 cm³/mol. The minimum atomic E-state index is -0.443. The SMILES string of the molecule is COC(=O)[C@]12CC[C@@H](C(C)C)C1C1CC[C@@H]3[C@@]4(C)CC(=CO)C(=O)C(C)(C)C4CC[C@@]3(C)[C@]1(C)CC2. The van der Waals surface area contributed by atoms with E-state index in [0.717, 1.165) is 57.6 Å². The van der Waals surface area contributed by atoms with Gasteiger partial charge in [0, 0.05) is 11.0 Å². The quantitative estimate of drug-likeness (QED) is 0.243. The minimum absolute atomic E-state index is 0.00301. The predicted octanol–water partition coefficient (Wildman–Crippen LogP) is 7.52. The second kappa shape index (κ2) is 8.09. The number of ketones is 1. The molecule has 0 spiro atoms. The largest absolute Gasteiger partial charge is 0.515 e. The van der Waals surface area contributed by atoms with Gasteiger partial charge in [-0.15, -0.1) is 0 Å². The van der Waals surface area contributed by atoms with Gasteiger partial charge >= 0.3 is 5.97 Å². The molecule has 0 aromatic heterocycles. The van der Waals surface area contributed by atoms with Crippen LogP contribution in [0.25, 0.3) is 0 Å². The second-order valence-corrected chi connectivity index (χ2v) is 15.2. The number of hydrogen-bond acceptors (Lipinski definition) is 4. The Bertz CT molecular complexity index is 979. The Balaban J connectivity index is 1.58. The van der Waals surface area contributed by atoms with Gasteiger partial charge in [0.2, 0.25) is 0 Å². The van der Waals surface area contributed by atoms with Crippen LogP contribution >= 0.6 is 0 Å². The van der Waals surface area contributed by atoms with Crippen LogP contribution in [0.1, 0.15) is 106 Å². The zero-order valence-corrected chi connectivity index (χ0v) is 24.1. The molecule has 5 aliphatic rings. The monoisotopic (exact) mass is 498 g/mol. The molecule has 1 N–H and O–H groups in total. The highest BCUT2D eigenvalue weighted by Crippen LogP contribution is 2.77. The second-order valence-electron chi connectivity index (χ2n) is 15.2. The van der Waals surface area contributed by atoms with Crippen molar-refractivity contribution in [3.05, 3.63) is 11.8 Å². The van der Waals surface area contributed by atoms with Gasteiger partial charge in [-0.25, -0.2) is 0 Å². The number of hydrogen-bond donors (Lipinski definition) is 1. The third-order valence-electron chi connectivity index (χ3n) is 13.7. The number of allylic oxidation sites excluding steroid dienone is 1. The molecule has 0 heterocycles. The molecule has 4 heteroatoms. The molecule has 4 nitrogen and oxygen atoms in total. The highest BCUT2D eigenvalue weighted by Gasteiger charge is 2.72. The van der Waals surface area contributed by atoms with Crippen molar-refractivity contribution in [2.45, 2.75) is 106 Å². The molecule has 202 valence electrons. The Morgan fingerprint density at radius 3 is 2.25 bits per heavy atom. The summed E-state index contributed by atoms with van der Waals surface area (Å²) in [5, 5.41) is 10.1. The van der Waals surface area contributed by atoms with E-state index in [9.17, 15) is 14.7 Å². The van der Waals surface area contributed by atoms with E-state index in [1.165, 1.54) is 0 Å². The number of esters is 1. The van der Waals surface area contributed by atoms with Crippen molar-refractivity contribution < 1.29 is 19.4 Å². The fraction of sp³-hybridized carbons (Fsp3) is 0.875. The number of carbonyl (C=O) groups is 2. The summed E-state index contributed by atoms with van der Waals surface area (Å²) in [6.45, 7) is 16.5. The molecule has 0 saturated heterocycles. The van der Waals surface area contributed by atoms with Crippen LogP contribution in [0.3, 0.4) is 0 Å². The van der Waals surface area contributed by atoms with E-state index in [4.69, 9.17) is 4.74 Å². The van der Waals surface area contributed by atoms with Crippen molar-refractivity contribution in [2.75, 3.05) is 7.11 Å². The number of Topliss-reactive ketones (excluding diaryl/α,β-unsaturated/α-hetero) is 1. The van der Waals surface area contributed by atoms with Gasteiger partial charge in [0.25, 0.3) is 0 Å². The van der Waals surface area contributed by atoms with Crippen molar-refractivity contribution >= 4 is 11.8 Å². The van der Waals surface area contributed by atoms with Crippen molar-refractivity contribution in [3.63, 3.8) is 0 Å². The number of aliphatic hydroxyl groups is 1. The summed E-state index contributed by atoms with van der Waals surface area (Å²) in [5.74, 6) is 3.13. The van der Waals surface area contributed by atoms with E-state index in [-0.39, 0.29) is 33.4 Å². The zero-order chi connectivity index (χ0) is 26.5. The lowest BCUT2D eigenvalue weighted by atomic mass is 9.32. The molecule has 0 aliphatic heterocycles. The third-order valence-corrected chi connectivity index (χ3v) is 13.7. The molecule has 0 aromatic rings. The fourth-order valence-electron chi connectivity index (χ4n) is 11.9. The normalized spacial score (nSPS) is 50.8.